The third-order valence-electron chi connectivity index (χ3n) is 6.54. The molecule has 0 radical (unpaired) electrons. The molecular weight excluding hydrogens is 404 g/mol. The molecule has 0 aliphatic heterocycles. The van der Waals surface area contributed by atoms with Gasteiger partial charge in [-0.3, -0.25) is 0 Å². The van der Waals surface area contributed by atoms with Crippen LogP contribution >= 0.6 is 0 Å². The van der Waals surface area contributed by atoms with Crippen molar-refractivity contribution >= 4 is 43.9 Å². The molecular formula is C31H20O2. The highest BCUT2D eigenvalue weighted by atomic mass is 16.4. The van der Waals surface area contributed by atoms with Gasteiger partial charge in [-0.25, -0.2) is 0 Å². The zero-order valence-corrected chi connectivity index (χ0v) is 18.1. The van der Waals surface area contributed by atoms with Crippen molar-refractivity contribution in [1.82, 2.24) is 0 Å². The lowest BCUT2D eigenvalue weighted by molar-refractivity contribution is 0.634. The van der Waals surface area contributed by atoms with Crippen LogP contribution in [-0.4, -0.2) is 0 Å². The topological polar surface area (TPSA) is 26.3 Å². The quantitative estimate of drug-likeness (QED) is 0.276. The minimum atomic E-state index is 0.803. The number of hydrogen-bond donors (Lipinski definition) is 0. The standard InChI is InChI=1S/C31H20O2/c1-19-8-5-11-21(18-19)23-13-7-15-25-27-17-16-26-24-14-6-12-22(20-9-3-2-4-10-20)28(24)32-30(26)31(27)33-29(23)25/h2-18H,1H3. The molecule has 7 aromatic rings. The number of rotatable bonds is 2. The van der Waals surface area contributed by atoms with E-state index in [1.54, 1.807) is 0 Å². The first-order chi connectivity index (χ1) is 16.3. The Bertz CT molecular complexity index is 1820. The van der Waals surface area contributed by atoms with Gasteiger partial charge in [0.05, 0.1) is 0 Å². The van der Waals surface area contributed by atoms with Gasteiger partial charge in [0.15, 0.2) is 11.2 Å². The summed E-state index contributed by atoms with van der Waals surface area (Å²) in [6, 6.07) is 35.9. The maximum absolute atomic E-state index is 6.57. The third kappa shape index (κ3) is 2.68. The van der Waals surface area contributed by atoms with Crippen molar-refractivity contribution < 1.29 is 8.83 Å². The van der Waals surface area contributed by atoms with Crippen LogP contribution in [0, 0.1) is 6.92 Å². The van der Waals surface area contributed by atoms with Gasteiger partial charge in [0.2, 0.25) is 0 Å². The maximum Gasteiger partial charge on any atom is 0.178 e. The fourth-order valence-electron chi connectivity index (χ4n) is 5.00. The van der Waals surface area contributed by atoms with Crippen molar-refractivity contribution in [2.45, 2.75) is 6.92 Å². The SMILES string of the molecule is Cc1cccc(-c2cccc3c2oc2c3ccc3c4cccc(-c5ccccc5)c4oc32)c1. The van der Waals surface area contributed by atoms with Crippen LogP contribution in [0.15, 0.2) is 112 Å². The largest absolute Gasteiger partial charge is 0.451 e. The smallest absolute Gasteiger partial charge is 0.178 e. The molecule has 2 heterocycles. The van der Waals surface area contributed by atoms with Crippen molar-refractivity contribution in [3.63, 3.8) is 0 Å². The van der Waals surface area contributed by atoms with Crippen molar-refractivity contribution in [2.75, 3.05) is 0 Å². The van der Waals surface area contributed by atoms with Crippen LogP contribution in [0.2, 0.25) is 0 Å². The Balaban J connectivity index is 1.56. The van der Waals surface area contributed by atoms with E-state index < -0.39 is 0 Å². The van der Waals surface area contributed by atoms with Gasteiger partial charge in [-0.15, -0.1) is 0 Å². The van der Waals surface area contributed by atoms with Crippen molar-refractivity contribution in [2.24, 2.45) is 0 Å². The van der Waals surface area contributed by atoms with Gasteiger partial charge < -0.3 is 8.83 Å². The molecule has 156 valence electrons. The Kier molecular flexibility index (Phi) is 3.80. The van der Waals surface area contributed by atoms with E-state index in [-0.39, 0.29) is 0 Å². The molecule has 0 aliphatic carbocycles. The Morgan fingerprint density at radius 1 is 0.424 bits per heavy atom. The van der Waals surface area contributed by atoms with Gasteiger partial charge in [-0.1, -0.05) is 96.6 Å². The summed E-state index contributed by atoms with van der Waals surface area (Å²) in [6.45, 7) is 2.12. The highest BCUT2D eigenvalue weighted by molar-refractivity contribution is 6.21. The van der Waals surface area contributed by atoms with E-state index in [1.807, 2.05) is 6.07 Å². The molecule has 7 rings (SSSR count). The predicted molar refractivity (Wildman–Crippen MR) is 137 cm³/mol. The highest BCUT2D eigenvalue weighted by Crippen LogP contribution is 2.43. The summed E-state index contributed by atoms with van der Waals surface area (Å²) in [6.07, 6.45) is 0. The normalized spacial score (nSPS) is 11.8. The van der Waals surface area contributed by atoms with Gasteiger partial charge in [0, 0.05) is 32.7 Å². The second-order valence-electron chi connectivity index (χ2n) is 8.62. The summed E-state index contributed by atoms with van der Waals surface area (Å²) < 4.78 is 13.1. The number of furan rings is 2. The first-order valence-corrected chi connectivity index (χ1v) is 11.2. The molecule has 0 saturated carbocycles. The summed E-state index contributed by atoms with van der Waals surface area (Å²) in [7, 11) is 0. The molecule has 2 aromatic heterocycles. The molecule has 0 fully saturated rings. The summed E-state index contributed by atoms with van der Waals surface area (Å²) in [5.41, 5.74) is 9.12. The zero-order chi connectivity index (χ0) is 21.9. The number of aryl methyl sites for hydroxylation is 1. The number of benzene rings is 5. The summed E-state index contributed by atoms with van der Waals surface area (Å²) in [4.78, 5) is 0. The first kappa shape index (κ1) is 18.3. The van der Waals surface area contributed by atoms with Crippen LogP contribution in [0.1, 0.15) is 5.56 Å². The molecule has 0 spiro atoms. The molecule has 0 amide bonds. The van der Waals surface area contributed by atoms with E-state index in [1.165, 1.54) is 5.56 Å². The lowest BCUT2D eigenvalue weighted by atomic mass is 10.0. The lowest BCUT2D eigenvalue weighted by Crippen LogP contribution is -1.80. The maximum atomic E-state index is 6.57. The second kappa shape index (κ2) is 6.85. The van der Waals surface area contributed by atoms with Crippen molar-refractivity contribution in [3.05, 3.63) is 109 Å². The Morgan fingerprint density at radius 2 is 0.939 bits per heavy atom. The zero-order valence-electron chi connectivity index (χ0n) is 18.1. The Morgan fingerprint density at radius 3 is 1.55 bits per heavy atom. The molecule has 0 bridgehead atoms. The van der Waals surface area contributed by atoms with E-state index >= 15 is 0 Å². The van der Waals surface area contributed by atoms with E-state index in [0.29, 0.717) is 0 Å². The highest BCUT2D eigenvalue weighted by Gasteiger charge is 2.19. The molecule has 0 N–H and O–H groups in total. The molecule has 0 unspecified atom stereocenters. The van der Waals surface area contributed by atoms with Crippen LogP contribution < -0.4 is 0 Å². The first-order valence-electron chi connectivity index (χ1n) is 11.2. The molecule has 0 saturated heterocycles. The summed E-state index contributed by atoms with van der Waals surface area (Å²) in [5.74, 6) is 0. The van der Waals surface area contributed by atoms with Gasteiger partial charge in [-0.05, 0) is 30.2 Å². The molecule has 2 nitrogen and oxygen atoms in total. The van der Waals surface area contributed by atoms with E-state index in [4.69, 9.17) is 8.83 Å². The lowest BCUT2D eigenvalue weighted by Gasteiger charge is -2.03. The number of fused-ring (bicyclic) bond motifs is 7. The Hall–Kier alpha value is -4.30. The van der Waals surface area contributed by atoms with Gasteiger partial charge in [-0.2, -0.15) is 0 Å². The van der Waals surface area contributed by atoms with Crippen LogP contribution in [-0.2, 0) is 0 Å². The number of hydrogen-bond acceptors (Lipinski definition) is 2. The van der Waals surface area contributed by atoms with Crippen LogP contribution in [0.3, 0.4) is 0 Å². The van der Waals surface area contributed by atoms with Crippen LogP contribution in [0.5, 0.6) is 0 Å². The predicted octanol–water partition coefficient (Wildman–Crippen LogP) is 9.13. The summed E-state index contributed by atoms with van der Waals surface area (Å²) >= 11 is 0. The molecule has 5 aromatic carbocycles. The van der Waals surface area contributed by atoms with E-state index in [0.717, 1.165) is 66.1 Å². The molecule has 0 atom stereocenters. The van der Waals surface area contributed by atoms with Crippen LogP contribution in [0.4, 0.5) is 0 Å². The fraction of sp³-hybridized carbons (Fsp3) is 0.0323. The van der Waals surface area contributed by atoms with Crippen molar-refractivity contribution in [3.8, 4) is 22.3 Å². The van der Waals surface area contributed by atoms with Gasteiger partial charge in [0.1, 0.15) is 11.2 Å². The number of para-hydroxylation sites is 2. The fourth-order valence-corrected chi connectivity index (χ4v) is 5.00. The van der Waals surface area contributed by atoms with Gasteiger partial charge >= 0.3 is 0 Å². The second-order valence-corrected chi connectivity index (χ2v) is 8.62. The average molecular weight is 424 g/mol. The molecule has 33 heavy (non-hydrogen) atoms. The minimum absolute atomic E-state index is 0.803. The Labute approximate surface area is 190 Å². The van der Waals surface area contributed by atoms with Crippen molar-refractivity contribution in [1.29, 1.82) is 0 Å². The average Bonchev–Trinajstić information content (AvgIpc) is 3.43. The summed E-state index contributed by atoms with van der Waals surface area (Å²) in [5, 5.41) is 4.36. The van der Waals surface area contributed by atoms with Gasteiger partial charge in [0.25, 0.3) is 0 Å². The molecule has 2 heteroatoms. The monoisotopic (exact) mass is 424 g/mol. The van der Waals surface area contributed by atoms with Crippen LogP contribution in [0.25, 0.3) is 66.1 Å². The molecule has 0 aliphatic rings. The minimum Gasteiger partial charge on any atom is -0.451 e. The van der Waals surface area contributed by atoms with E-state index in [2.05, 4.69) is 104 Å². The van der Waals surface area contributed by atoms with E-state index in [9.17, 15) is 0 Å². The third-order valence-corrected chi connectivity index (χ3v) is 6.54.